The van der Waals surface area contributed by atoms with E-state index in [0.717, 1.165) is 19.0 Å². The minimum absolute atomic E-state index is 0.842. The van der Waals surface area contributed by atoms with Gasteiger partial charge in [0.1, 0.15) is 0 Å². The summed E-state index contributed by atoms with van der Waals surface area (Å²) in [6.45, 7) is 6.74. The number of aliphatic imine (C=N–C) groups is 1. The van der Waals surface area contributed by atoms with Crippen molar-refractivity contribution in [3.05, 3.63) is 0 Å². The van der Waals surface area contributed by atoms with Gasteiger partial charge in [0.15, 0.2) is 0 Å². The summed E-state index contributed by atoms with van der Waals surface area (Å²) in [5.41, 5.74) is 0. The van der Waals surface area contributed by atoms with Crippen LogP contribution in [0.25, 0.3) is 0 Å². The molecule has 1 heterocycles. The minimum atomic E-state index is 0.842. The van der Waals surface area contributed by atoms with Crippen molar-refractivity contribution >= 4 is 5.84 Å². The van der Waals surface area contributed by atoms with Gasteiger partial charge in [-0.25, -0.2) is 0 Å². The van der Waals surface area contributed by atoms with Crippen LogP contribution in [0.15, 0.2) is 4.99 Å². The molecular weight excluding hydrogens is 184 g/mol. The molecule has 0 spiro atoms. The van der Waals surface area contributed by atoms with Gasteiger partial charge in [-0.15, -0.1) is 0 Å². The summed E-state index contributed by atoms with van der Waals surface area (Å²) in [5, 5.41) is 3.53. The molecule has 0 aliphatic carbocycles. The van der Waals surface area contributed by atoms with E-state index in [2.05, 4.69) is 24.2 Å². The lowest BCUT2D eigenvalue weighted by molar-refractivity contribution is 0.443. The molecule has 88 valence electrons. The van der Waals surface area contributed by atoms with Gasteiger partial charge in [0.2, 0.25) is 0 Å². The van der Waals surface area contributed by atoms with Crippen LogP contribution < -0.4 is 5.32 Å². The number of amidine groups is 1. The summed E-state index contributed by atoms with van der Waals surface area (Å²) in [6.07, 6.45) is 9.11. The van der Waals surface area contributed by atoms with Gasteiger partial charge in [-0.1, -0.05) is 33.1 Å². The highest BCUT2D eigenvalue weighted by molar-refractivity contribution is 5.82. The highest BCUT2D eigenvalue weighted by Gasteiger charge is 2.08. The molecule has 2 nitrogen and oxygen atoms in total. The third-order valence-corrected chi connectivity index (χ3v) is 3.26. The highest BCUT2D eigenvalue weighted by atomic mass is 15.0. The quantitative estimate of drug-likeness (QED) is 0.714. The Morgan fingerprint density at radius 2 is 2.20 bits per heavy atom. The minimum Gasteiger partial charge on any atom is -0.374 e. The molecule has 0 radical (unpaired) electrons. The summed E-state index contributed by atoms with van der Waals surface area (Å²) in [4.78, 5) is 4.52. The van der Waals surface area contributed by atoms with Crippen molar-refractivity contribution in [1.82, 2.24) is 5.32 Å². The van der Waals surface area contributed by atoms with Crippen LogP contribution in [0.4, 0.5) is 0 Å². The fourth-order valence-corrected chi connectivity index (χ4v) is 2.05. The molecule has 1 N–H and O–H groups in total. The van der Waals surface area contributed by atoms with E-state index in [4.69, 9.17) is 0 Å². The van der Waals surface area contributed by atoms with Crippen LogP contribution in [-0.2, 0) is 0 Å². The first-order valence-electron chi connectivity index (χ1n) is 6.64. The Hall–Kier alpha value is -0.530. The Bertz CT molecular complexity index is 187. The number of unbranched alkanes of at least 4 members (excludes halogenated alkanes) is 1. The number of nitrogens with zero attached hydrogens (tertiary/aromatic N) is 1. The van der Waals surface area contributed by atoms with E-state index in [9.17, 15) is 0 Å². The lowest BCUT2D eigenvalue weighted by Gasteiger charge is -2.19. The number of hydrogen-bond donors (Lipinski definition) is 1. The zero-order chi connectivity index (χ0) is 10.9. The molecule has 0 aromatic carbocycles. The molecule has 1 atom stereocenters. The van der Waals surface area contributed by atoms with Gasteiger partial charge in [-0.2, -0.15) is 0 Å². The molecule has 15 heavy (non-hydrogen) atoms. The lowest BCUT2D eigenvalue weighted by atomic mass is 9.99. The van der Waals surface area contributed by atoms with Gasteiger partial charge in [-0.05, 0) is 25.2 Å². The second kappa shape index (κ2) is 7.72. The molecule has 1 aliphatic rings. The second-order valence-electron chi connectivity index (χ2n) is 4.58. The first-order valence-corrected chi connectivity index (χ1v) is 6.64. The maximum atomic E-state index is 4.52. The van der Waals surface area contributed by atoms with Crippen molar-refractivity contribution in [3.8, 4) is 0 Å². The molecule has 0 amide bonds. The fourth-order valence-electron chi connectivity index (χ4n) is 2.05. The van der Waals surface area contributed by atoms with Crippen LogP contribution in [0, 0.1) is 5.92 Å². The zero-order valence-corrected chi connectivity index (χ0v) is 10.4. The molecule has 0 saturated heterocycles. The lowest BCUT2D eigenvalue weighted by Crippen LogP contribution is -2.30. The Balaban J connectivity index is 2.17. The van der Waals surface area contributed by atoms with E-state index < -0.39 is 0 Å². The molecule has 0 saturated carbocycles. The van der Waals surface area contributed by atoms with Gasteiger partial charge in [-0.3, -0.25) is 4.99 Å². The molecular formula is C13H26N2. The van der Waals surface area contributed by atoms with E-state index in [0.29, 0.717) is 0 Å². The van der Waals surface area contributed by atoms with Gasteiger partial charge < -0.3 is 5.32 Å². The first-order chi connectivity index (χ1) is 7.36. The third-order valence-electron chi connectivity index (χ3n) is 3.26. The number of nitrogens with one attached hydrogen (secondary N) is 1. The summed E-state index contributed by atoms with van der Waals surface area (Å²) < 4.78 is 0. The molecule has 0 bridgehead atoms. The smallest absolute Gasteiger partial charge is 0.0963 e. The maximum absolute atomic E-state index is 4.52. The second-order valence-corrected chi connectivity index (χ2v) is 4.58. The molecule has 0 fully saturated rings. The normalized spacial score (nSPS) is 18.4. The maximum Gasteiger partial charge on any atom is 0.0963 e. The summed E-state index contributed by atoms with van der Waals surface area (Å²) in [6, 6.07) is 0. The van der Waals surface area contributed by atoms with Crippen LogP contribution >= 0.6 is 0 Å². The number of rotatable bonds is 6. The SMILES string of the molecule is CCCCC(CC)CNC1=NCCCC1. The molecule has 0 aromatic heterocycles. The van der Waals surface area contributed by atoms with Crippen LogP contribution in [0.3, 0.4) is 0 Å². The molecule has 1 aliphatic heterocycles. The molecule has 1 rings (SSSR count). The van der Waals surface area contributed by atoms with E-state index in [-0.39, 0.29) is 0 Å². The van der Waals surface area contributed by atoms with E-state index >= 15 is 0 Å². The van der Waals surface area contributed by atoms with Crippen molar-refractivity contribution in [1.29, 1.82) is 0 Å². The summed E-state index contributed by atoms with van der Waals surface area (Å²) >= 11 is 0. The topological polar surface area (TPSA) is 24.4 Å². The van der Waals surface area contributed by atoms with Crippen molar-refractivity contribution in [2.24, 2.45) is 10.9 Å². The van der Waals surface area contributed by atoms with Crippen LogP contribution in [0.5, 0.6) is 0 Å². The van der Waals surface area contributed by atoms with Crippen LogP contribution in [-0.4, -0.2) is 18.9 Å². The molecule has 2 heteroatoms. The zero-order valence-electron chi connectivity index (χ0n) is 10.4. The average Bonchev–Trinajstić information content (AvgIpc) is 2.31. The largest absolute Gasteiger partial charge is 0.374 e. The Morgan fingerprint density at radius 1 is 1.33 bits per heavy atom. The highest BCUT2D eigenvalue weighted by Crippen LogP contribution is 2.12. The van der Waals surface area contributed by atoms with Gasteiger partial charge in [0.25, 0.3) is 0 Å². The monoisotopic (exact) mass is 210 g/mol. The standard InChI is InChI=1S/C13H26N2/c1-3-5-8-12(4-2)11-15-13-9-6-7-10-14-13/h12H,3-11H2,1-2H3,(H,14,15). The van der Waals surface area contributed by atoms with Crippen molar-refractivity contribution in [3.63, 3.8) is 0 Å². The first kappa shape index (κ1) is 12.5. The van der Waals surface area contributed by atoms with Gasteiger partial charge in [0, 0.05) is 19.5 Å². The molecule has 1 unspecified atom stereocenters. The third kappa shape index (κ3) is 5.19. The van der Waals surface area contributed by atoms with E-state index in [1.54, 1.807) is 0 Å². The predicted molar refractivity (Wildman–Crippen MR) is 67.5 cm³/mol. The summed E-state index contributed by atoms with van der Waals surface area (Å²) in [7, 11) is 0. The van der Waals surface area contributed by atoms with E-state index in [1.165, 1.54) is 50.8 Å². The summed E-state index contributed by atoms with van der Waals surface area (Å²) in [5.74, 6) is 2.10. The Labute approximate surface area is 94.6 Å². The van der Waals surface area contributed by atoms with Crippen LogP contribution in [0.1, 0.15) is 58.8 Å². The predicted octanol–water partition coefficient (Wildman–Crippen LogP) is 3.37. The molecule has 0 aromatic rings. The van der Waals surface area contributed by atoms with E-state index in [1.807, 2.05) is 0 Å². The van der Waals surface area contributed by atoms with Crippen molar-refractivity contribution in [2.75, 3.05) is 13.1 Å². The Kier molecular flexibility index (Phi) is 6.45. The van der Waals surface area contributed by atoms with Crippen molar-refractivity contribution < 1.29 is 0 Å². The van der Waals surface area contributed by atoms with Gasteiger partial charge >= 0.3 is 0 Å². The van der Waals surface area contributed by atoms with Crippen molar-refractivity contribution in [2.45, 2.75) is 58.8 Å². The Morgan fingerprint density at radius 3 is 2.80 bits per heavy atom. The van der Waals surface area contributed by atoms with Gasteiger partial charge in [0.05, 0.1) is 5.84 Å². The average molecular weight is 210 g/mol. The van der Waals surface area contributed by atoms with Crippen LogP contribution in [0.2, 0.25) is 0 Å². The fraction of sp³-hybridized carbons (Fsp3) is 0.923. The number of hydrogen-bond acceptors (Lipinski definition) is 2.